The Kier molecular flexibility index (Phi) is 4.53. The fourth-order valence-corrected chi connectivity index (χ4v) is 3.54. The Morgan fingerprint density at radius 2 is 1.97 bits per heavy atom. The van der Waals surface area contributed by atoms with Gasteiger partial charge in [0.05, 0.1) is 6.33 Å². The van der Waals surface area contributed by atoms with E-state index in [2.05, 4.69) is 10.3 Å². The molecular weight excluding hydrogens is 376 g/mol. The molecule has 0 spiro atoms. The van der Waals surface area contributed by atoms with Crippen LogP contribution in [0, 0.1) is 0 Å². The first-order chi connectivity index (χ1) is 13.9. The second kappa shape index (κ2) is 7.04. The van der Waals surface area contributed by atoms with Crippen LogP contribution in [-0.2, 0) is 30.2 Å². The number of anilines is 2. The van der Waals surface area contributed by atoms with Gasteiger partial charge in [0.15, 0.2) is 11.2 Å². The highest BCUT2D eigenvalue weighted by molar-refractivity contribution is 5.97. The molecule has 1 N–H and O–H groups in total. The van der Waals surface area contributed by atoms with Crippen molar-refractivity contribution in [1.29, 1.82) is 0 Å². The standard InChI is InChI=1S/C19H20N6O4/c1-22-17-16(18(28)23(2)19(22)29)24(11-20-17)10-14(26)21-12-5-3-6-13(9-12)25-8-4-7-15(25)27/h3,5-6,9,11H,4,7-8,10H2,1-2H3,(H,21,26). The minimum absolute atomic E-state index is 0.0693. The summed E-state index contributed by atoms with van der Waals surface area (Å²) >= 11 is 0. The normalized spacial score (nSPS) is 14.0. The molecule has 10 nitrogen and oxygen atoms in total. The number of nitrogens with one attached hydrogen (secondary N) is 1. The summed E-state index contributed by atoms with van der Waals surface area (Å²) in [5.74, 6) is -0.287. The molecule has 0 radical (unpaired) electrons. The van der Waals surface area contributed by atoms with E-state index in [1.54, 1.807) is 23.1 Å². The minimum Gasteiger partial charge on any atom is -0.324 e. The Bertz CT molecular complexity index is 1250. The van der Waals surface area contributed by atoms with Gasteiger partial charge in [-0.25, -0.2) is 9.78 Å². The number of hydrogen-bond donors (Lipinski definition) is 1. The average molecular weight is 396 g/mol. The van der Waals surface area contributed by atoms with Gasteiger partial charge in [-0.2, -0.15) is 0 Å². The largest absolute Gasteiger partial charge is 0.332 e. The van der Waals surface area contributed by atoms with Crippen LogP contribution >= 0.6 is 0 Å². The van der Waals surface area contributed by atoms with E-state index in [-0.39, 0.29) is 29.5 Å². The van der Waals surface area contributed by atoms with Gasteiger partial charge in [-0.3, -0.25) is 23.5 Å². The summed E-state index contributed by atoms with van der Waals surface area (Å²) in [4.78, 5) is 54.8. The second-order valence-corrected chi connectivity index (χ2v) is 7.00. The van der Waals surface area contributed by atoms with Crippen molar-refractivity contribution >= 4 is 34.4 Å². The van der Waals surface area contributed by atoms with Crippen LogP contribution in [0.1, 0.15) is 12.8 Å². The molecule has 0 atom stereocenters. The molecule has 3 heterocycles. The van der Waals surface area contributed by atoms with E-state index in [1.165, 1.54) is 29.6 Å². The van der Waals surface area contributed by atoms with Crippen LogP contribution in [-0.4, -0.2) is 37.0 Å². The maximum Gasteiger partial charge on any atom is 0.332 e. The molecule has 10 heteroatoms. The van der Waals surface area contributed by atoms with Crippen molar-refractivity contribution in [2.24, 2.45) is 14.1 Å². The summed E-state index contributed by atoms with van der Waals surface area (Å²) in [6, 6.07) is 7.08. The third-order valence-corrected chi connectivity index (χ3v) is 5.05. The van der Waals surface area contributed by atoms with Gasteiger partial charge in [-0.15, -0.1) is 0 Å². The third kappa shape index (κ3) is 3.22. The van der Waals surface area contributed by atoms with Crippen molar-refractivity contribution in [3.8, 4) is 0 Å². The Balaban J connectivity index is 1.58. The molecule has 4 rings (SSSR count). The summed E-state index contributed by atoms with van der Waals surface area (Å²) in [6.07, 6.45) is 2.72. The number of hydrogen-bond acceptors (Lipinski definition) is 5. The van der Waals surface area contributed by atoms with Crippen LogP contribution in [0.2, 0.25) is 0 Å². The maximum atomic E-state index is 12.6. The molecule has 0 aliphatic carbocycles. The van der Waals surface area contributed by atoms with E-state index in [0.717, 1.165) is 16.7 Å². The lowest BCUT2D eigenvalue weighted by atomic mass is 10.2. The number of benzene rings is 1. The molecule has 29 heavy (non-hydrogen) atoms. The van der Waals surface area contributed by atoms with Crippen LogP contribution in [0.25, 0.3) is 11.2 Å². The third-order valence-electron chi connectivity index (χ3n) is 5.05. The van der Waals surface area contributed by atoms with Crippen LogP contribution < -0.4 is 21.5 Å². The van der Waals surface area contributed by atoms with Crippen LogP contribution in [0.15, 0.2) is 40.2 Å². The summed E-state index contributed by atoms with van der Waals surface area (Å²) in [5, 5.41) is 2.78. The smallest absolute Gasteiger partial charge is 0.324 e. The number of carbonyl (C=O) groups excluding carboxylic acids is 2. The number of fused-ring (bicyclic) bond motifs is 1. The lowest BCUT2D eigenvalue weighted by Crippen LogP contribution is -2.37. The van der Waals surface area contributed by atoms with E-state index in [1.807, 2.05) is 6.07 Å². The molecule has 0 unspecified atom stereocenters. The topological polar surface area (TPSA) is 111 Å². The van der Waals surface area contributed by atoms with Crippen molar-refractivity contribution in [2.45, 2.75) is 19.4 Å². The van der Waals surface area contributed by atoms with Crippen molar-refractivity contribution in [3.05, 3.63) is 51.4 Å². The van der Waals surface area contributed by atoms with Gasteiger partial charge >= 0.3 is 5.69 Å². The molecule has 0 saturated carbocycles. The number of imidazole rings is 1. The summed E-state index contributed by atoms with van der Waals surface area (Å²) in [7, 11) is 2.90. The molecule has 3 aromatic rings. The van der Waals surface area contributed by atoms with Crippen LogP contribution in [0.5, 0.6) is 0 Å². The lowest BCUT2D eigenvalue weighted by molar-refractivity contribution is -0.117. The van der Waals surface area contributed by atoms with Gasteiger partial charge in [-0.05, 0) is 24.6 Å². The molecule has 2 amide bonds. The zero-order chi connectivity index (χ0) is 20.7. The number of aromatic nitrogens is 4. The number of nitrogens with zero attached hydrogens (tertiary/aromatic N) is 5. The predicted octanol–water partition coefficient (Wildman–Crippen LogP) is 0.199. The van der Waals surface area contributed by atoms with E-state index >= 15 is 0 Å². The molecule has 2 aromatic heterocycles. The highest BCUT2D eigenvalue weighted by atomic mass is 16.2. The first-order valence-electron chi connectivity index (χ1n) is 9.18. The van der Waals surface area contributed by atoms with E-state index in [9.17, 15) is 19.2 Å². The SMILES string of the molecule is Cn1c(=O)c2c(ncn2CC(=O)Nc2cccc(N3CCCC3=O)c2)n(C)c1=O. The fraction of sp³-hybridized carbons (Fsp3) is 0.316. The fourth-order valence-electron chi connectivity index (χ4n) is 3.54. The molecule has 1 aliphatic heterocycles. The summed E-state index contributed by atoms with van der Waals surface area (Å²) in [6.45, 7) is 0.524. The van der Waals surface area contributed by atoms with E-state index < -0.39 is 11.2 Å². The monoisotopic (exact) mass is 396 g/mol. The van der Waals surface area contributed by atoms with E-state index in [4.69, 9.17) is 0 Å². The quantitative estimate of drug-likeness (QED) is 0.677. The van der Waals surface area contributed by atoms with Crippen molar-refractivity contribution in [2.75, 3.05) is 16.8 Å². The van der Waals surface area contributed by atoms with Gasteiger partial charge in [0, 0.05) is 38.4 Å². The Morgan fingerprint density at radius 1 is 1.17 bits per heavy atom. The van der Waals surface area contributed by atoms with Crippen molar-refractivity contribution in [1.82, 2.24) is 18.7 Å². The van der Waals surface area contributed by atoms with Gasteiger partial charge in [0.1, 0.15) is 6.54 Å². The Morgan fingerprint density at radius 3 is 2.69 bits per heavy atom. The number of carbonyl (C=O) groups is 2. The van der Waals surface area contributed by atoms with Crippen LogP contribution in [0.3, 0.4) is 0 Å². The maximum absolute atomic E-state index is 12.6. The summed E-state index contributed by atoms with van der Waals surface area (Å²) < 4.78 is 3.66. The first-order valence-corrected chi connectivity index (χ1v) is 9.18. The highest BCUT2D eigenvalue weighted by Gasteiger charge is 2.22. The zero-order valence-corrected chi connectivity index (χ0v) is 16.1. The minimum atomic E-state index is -0.511. The number of aryl methyl sites for hydroxylation is 1. The van der Waals surface area contributed by atoms with Gasteiger partial charge in [-0.1, -0.05) is 6.07 Å². The molecule has 150 valence electrons. The molecule has 0 bridgehead atoms. The highest BCUT2D eigenvalue weighted by Crippen LogP contribution is 2.24. The Labute approximate surface area is 165 Å². The first kappa shape index (κ1) is 18.7. The molecule has 1 fully saturated rings. The molecule has 1 aliphatic rings. The zero-order valence-electron chi connectivity index (χ0n) is 16.1. The lowest BCUT2D eigenvalue weighted by Gasteiger charge is -2.16. The Hall–Kier alpha value is -3.69. The van der Waals surface area contributed by atoms with E-state index in [0.29, 0.717) is 18.7 Å². The predicted molar refractivity (Wildman–Crippen MR) is 107 cm³/mol. The number of amides is 2. The van der Waals surface area contributed by atoms with Crippen molar-refractivity contribution in [3.63, 3.8) is 0 Å². The van der Waals surface area contributed by atoms with Gasteiger partial charge in [0.25, 0.3) is 5.56 Å². The molecular formula is C19H20N6O4. The molecule has 1 aromatic carbocycles. The number of rotatable bonds is 4. The summed E-state index contributed by atoms with van der Waals surface area (Å²) in [5.41, 5.74) is 0.703. The van der Waals surface area contributed by atoms with Crippen molar-refractivity contribution < 1.29 is 9.59 Å². The molecule has 1 saturated heterocycles. The van der Waals surface area contributed by atoms with Gasteiger partial charge < -0.3 is 14.8 Å². The average Bonchev–Trinajstić information content (AvgIpc) is 3.31. The van der Waals surface area contributed by atoms with Gasteiger partial charge in [0.2, 0.25) is 11.8 Å². The second-order valence-electron chi connectivity index (χ2n) is 7.00. The van der Waals surface area contributed by atoms with Crippen LogP contribution in [0.4, 0.5) is 11.4 Å².